The standard InChI is InChI=1S/C17H16ClF3N6/c18-13-4-2-1-3-12(13)11-25-7-9-26(10-8-25)14-5-6-22-27-15(14)23-24-16(27)17(19,20)21/h1-6H,7-11H2. The van der Waals surface area contributed by atoms with E-state index in [9.17, 15) is 13.2 Å². The molecule has 0 unspecified atom stereocenters. The highest BCUT2D eigenvalue weighted by molar-refractivity contribution is 6.31. The van der Waals surface area contributed by atoms with Gasteiger partial charge in [-0.1, -0.05) is 29.8 Å². The number of alkyl halides is 3. The number of hydrogen-bond donors (Lipinski definition) is 0. The summed E-state index contributed by atoms with van der Waals surface area (Å²) in [6.45, 7) is 3.60. The Morgan fingerprint density at radius 2 is 1.74 bits per heavy atom. The van der Waals surface area contributed by atoms with Crippen LogP contribution in [0.5, 0.6) is 0 Å². The highest BCUT2D eigenvalue weighted by atomic mass is 35.5. The molecule has 1 fully saturated rings. The second kappa shape index (κ2) is 6.97. The summed E-state index contributed by atoms with van der Waals surface area (Å²) in [5.41, 5.74) is 1.78. The number of rotatable bonds is 3. The van der Waals surface area contributed by atoms with Gasteiger partial charge in [0, 0.05) is 37.7 Å². The van der Waals surface area contributed by atoms with Crippen molar-refractivity contribution in [2.75, 3.05) is 31.1 Å². The highest BCUT2D eigenvalue weighted by Gasteiger charge is 2.38. The highest BCUT2D eigenvalue weighted by Crippen LogP contribution is 2.30. The first-order valence-corrected chi connectivity index (χ1v) is 8.79. The van der Waals surface area contributed by atoms with E-state index in [1.165, 1.54) is 6.20 Å². The summed E-state index contributed by atoms with van der Waals surface area (Å²) in [4.78, 5) is 4.27. The number of aromatic nitrogens is 4. The van der Waals surface area contributed by atoms with Crippen LogP contribution in [0.1, 0.15) is 11.4 Å². The largest absolute Gasteiger partial charge is 0.453 e. The van der Waals surface area contributed by atoms with E-state index >= 15 is 0 Å². The van der Waals surface area contributed by atoms with Gasteiger partial charge in [0.15, 0.2) is 0 Å². The lowest BCUT2D eigenvalue weighted by molar-refractivity contribution is -0.146. The van der Waals surface area contributed by atoms with Gasteiger partial charge in [0.25, 0.3) is 5.82 Å². The molecule has 1 aliphatic rings. The molecule has 3 heterocycles. The second-order valence-electron chi connectivity index (χ2n) is 6.33. The molecule has 1 saturated heterocycles. The normalized spacial score (nSPS) is 16.2. The lowest BCUT2D eigenvalue weighted by atomic mass is 10.2. The Balaban J connectivity index is 1.50. The van der Waals surface area contributed by atoms with E-state index in [-0.39, 0.29) is 5.65 Å². The zero-order valence-corrected chi connectivity index (χ0v) is 15.0. The third-order valence-corrected chi connectivity index (χ3v) is 4.97. The maximum absolute atomic E-state index is 13.0. The maximum atomic E-state index is 13.0. The molecule has 0 saturated carbocycles. The minimum atomic E-state index is -4.60. The van der Waals surface area contributed by atoms with Gasteiger partial charge in [-0.2, -0.15) is 22.8 Å². The number of hydrogen-bond acceptors (Lipinski definition) is 5. The number of fused-ring (bicyclic) bond motifs is 1. The van der Waals surface area contributed by atoms with Crippen LogP contribution in [0.25, 0.3) is 5.65 Å². The van der Waals surface area contributed by atoms with Crippen LogP contribution in [0.2, 0.25) is 5.02 Å². The molecule has 1 aliphatic heterocycles. The van der Waals surface area contributed by atoms with E-state index in [0.717, 1.165) is 34.7 Å². The summed E-state index contributed by atoms with van der Waals surface area (Å²) in [5.74, 6) is -1.11. The monoisotopic (exact) mass is 396 g/mol. The van der Waals surface area contributed by atoms with Crippen molar-refractivity contribution in [1.29, 1.82) is 0 Å². The summed E-state index contributed by atoms with van der Waals surface area (Å²) in [7, 11) is 0. The van der Waals surface area contributed by atoms with E-state index < -0.39 is 12.0 Å². The Bertz CT molecular complexity index is 949. The topological polar surface area (TPSA) is 49.6 Å². The van der Waals surface area contributed by atoms with E-state index in [0.29, 0.717) is 18.8 Å². The average Bonchev–Trinajstić information content (AvgIpc) is 3.09. The molecule has 0 aliphatic carbocycles. The van der Waals surface area contributed by atoms with Crippen molar-refractivity contribution in [2.24, 2.45) is 0 Å². The minimum absolute atomic E-state index is 0.115. The molecule has 0 amide bonds. The molecule has 4 rings (SSSR count). The quantitative estimate of drug-likeness (QED) is 0.681. The summed E-state index contributed by atoms with van der Waals surface area (Å²) < 4.78 is 39.8. The van der Waals surface area contributed by atoms with Crippen molar-refractivity contribution in [1.82, 2.24) is 24.7 Å². The van der Waals surface area contributed by atoms with Gasteiger partial charge in [0.05, 0.1) is 11.9 Å². The lowest BCUT2D eigenvalue weighted by Gasteiger charge is -2.36. The van der Waals surface area contributed by atoms with Crippen molar-refractivity contribution in [3.8, 4) is 0 Å². The zero-order chi connectivity index (χ0) is 19.0. The number of nitrogens with zero attached hydrogens (tertiary/aromatic N) is 6. The molecule has 0 bridgehead atoms. The van der Waals surface area contributed by atoms with Crippen molar-refractivity contribution < 1.29 is 13.2 Å². The van der Waals surface area contributed by atoms with Crippen LogP contribution in [-0.2, 0) is 12.7 Å². The molecule has 27 heavy (non-hydrogen) atoms. The number of anilines is 1. The Morgan fingerprint density at radius 3 is 2.44 bits per heavy atom. The summed E-state index contributed by atoms with van der Waals surface area (Å²) in [6, 6.07) is 9.38. The molecule has 0 atom stereocenters. The van der Waals surface area contributed by atoms with Crippen molar-refractivity contribution in [3.63, 3.8) is 0 Å². The molecule has 6 nitrogen and oxygen atoms in total. The van der Waals surface area contributed by atoms with Gasteiger partial charge in [-0.15, -0.1) is 10.2 Å². The van der Waals surface area contributed by atoms with Gasteiger partial charge in [-0.05, 0) is 17.7 Å². The van der Waals surface area contributed by atoms with Crippen LogP contribution < -0.4 is 4.90 Å². The van der Waals surface area contributed by atoms with Gasteiger partial charge in [-0.3, -0.25) is 4.90 Å². The first kappa shape index (κ1) is 18.0. The molecular weight excluding hydrogens is 381 g/mol. The molecule has 2 aromatic heterocycles. The van der Waals surface area contributed by atoms with E-state index in [1.54, 1.807) is 6.07 Å². The van der Waals surface area contributed by atoms with Gasteiger partial charge < -0.3 is 4.90 Å². The average molecular weight is 397 g/mol. The smallest absolute Gasteiger partial charge is 0.366 e. The van der Waals surface area contributed by atoms with Crippen LogP contribution in [0.15, 0.2) is 36.5 Å². The first-order chi connectivity index (χ1) is 12.9. The Morgan fingerprint density at radius 1 is 1.00 bits per heavy atom. The van der Waals surface area contributed by atoms with Crippen molar-refractivity contribution >= 4 is 22.9 Å². The molecule has 142 valence electrons. The predicted octanol–water partition coefficient (Wildman–Crippen LogP) is 3.12. The molecule has 1 aromatic carbocycles. The van der Waals surface area contributed by atoms with E-state index in [2.05, 4.69) is 20.2 Å². The predicted molar refractivity (Wildman–Crippen MR) is 94.7 cm³/mol. The van der Waals surface area contributed by atoms with Gasteiger partial charge in [-0.25, -0.2) is 0 Å². The Labute approximate surface area is 158 Å². The molecule has 10 heteroatoms. The number of halogens is 4. The van der Waals surface area contributed by atoms with Crippen LogP contribution in [0.4, 0.5) is 18.9 Å². The second-order valence-corrected chi connectivity index (χ2v) is 6.74. The number of piperazine rings is 1. The van der Waals surface area contributed by atoms with Crippen LogP contribution in [-0.4, -0.2) is 50.9 Å². The Kier molecular flexibility index (Phi) is 4.65. The third kappa shape index (κ3) is 3.57. The molecule has 0 N–H and O–H groups in total. The molecule has 0 spiro atoms. The fourth-order valence-corrected chi connectivity index (χ4v) is 3.43. The Hall–Kier alpha value is -2.39. The fourth-order valence-electron chi connectivity index (χ4n) is 3.23. The molecule has 3 aromatic rings. The van der Waals surface area contributed by atoms with Crippen LogP contribution >= 0.6 is 11.6 Å². The van der Waals surface area contributed by atoms with Gasteiger partial charge >= 0.3 is 6.18 Å². The van der Waals surface area contributed by atoms with Crippen LogP contribution in [0, 0.1) is 0 Å². The van der Waals surface area contributed by atoms with Crippen molar-refractivity contribution in [3.05, 3.63) is 52.9 Å². The van der Waals surface area contributed by atoms with Crippen LogP contribution in [0.3, 0.4) is 0 Å². The summed E-state index contributed by atoms with van der Waals surface area (Å²) in [5, 5.41) is 11.5. The van der Waals surface area contributed by atoms with E-state index in [4.69, 9.17) is 11.6 Å². The first-order valence-electron chi connectivity index (χ1n) is 8.42. The van der Waals surface area contributed by atoms with Crippen molar-refractivity contribution in [2.45, 2.75) is 12.7 Å². The zero-order valence-electron chi connectivity index (χ0n) is 14.2. The summed E-state index contributed by atoms with van der Waals surface area (Å²) >= 11 is 6.22. The maximum Gasteiger partial charge on any atom is 0.453 e. The van der Waals surface area contributed by atoms with Gasteiger partial charge in [0.2, 0.25) is 5.65 Å². The SMILES string of the molecule is FC(F)(F)c1nnc2c(N3CCN(Cc4ccccc4Cl)CC3)ccnn12. The molecule has 0 radical (unpaired) electrons. The fraction of sp³-hybridized carbons (Fsp3) is 0.353. The summed E-state index contributed by atoms with van der Waals surface area (Å²) in [6.07, 6.45) is -3.25. The number of benzene rings is 1. The van der Waals surface area contributed by atoms with Gasteiger partial charge in [0.1, 0.15) is 0 Å². The molecular formula is C17H16ClF3N6. The van der Waals surface area contributed by atoms with E-state index in [1.807, 2.05) is 29.2 Å². The lowest BCUT2D eigenvalue weighted by Crippen LogP contribution is -2.46. The third-order valence-electron chi connectivity index (χ3n) is 4.60. The minimum Gasteiger partial charge on any atom is -0.366 e.